The summed E-state index contributed by atoms with van der Waals surface area (Å²) in [4.78, 5) is 174. The zero-order chi connectivity index (χ0) is 70.5. The summed E-state index contributed by atoms with van der Waals surface area (Å²) in [6.45, 7) is 30.5. The normalized spacial score (nSPS) is 26.8. The fourth-order valence-electron chi connectivity index (χ4n) is 11.2. The minimum atomic E-state index is -1.63. The lowest BCUT2D eigenvalue weighted by atomic mass is 9.91. The zero-order valence-electron chi connectivity index (χ0n) is 60.2. The Labute approximate surface area is 550 Å². The van der Waals surface area contributed by atoms with Crippen molar-refractivity contribution in [2.24, 2.45) is 41.4 Å². The van der Waals surface area contributed by atoms with Gasteiger partial charge in [-0.25, -0.2) is 0 Å². The van der Waals surface area contributed by atoms with Gasteiger partial charge in [0.1, 0.15) is 60.4 Å². The first-order valence-electron chi connectivity index (χ1n) is 32.7. The maximum absolute atomic E-state index is 15.3. The summed E-state index contributed by atoms with van der Waals surface area (Å²) >= 11 is 1.16. The molecular formula is C66H120N12O12S. The quantitative estimate of drug-likeness (QED) is 0.115. The smallest absolute Gasteiger partial charge is 0.256 e. The molecule has 0 aromatic rings. The Kier molecular flexibility index (Phi) is 35.1. The first-order valence-corrected chi connectivity index (χ1v) is 33.7. The molecule has 11 amide bonds. The van der Waals surface area contributed by atoms with Gasteiger partial charge < -0.3 is 65.6 Å². The van der Waals surface area contributed by atoms with E-state index in [2.05, 4.69) is 21.3 Å². The molecule has 0 aromatic carbocycles. The van der Waals surface area contributed by atoms with Gasteiger partial charge in [-0.2, -0.15) is 0 Å². The van der Waals surface area contributed by atoms with Crippen LogP contribution < -0.4 is 21.3 Å². The first-order chi connectivity index (χ1) is 42.0. The van der Waals surface area contributed by atoms with Gasteiger partial charge in [0.05, 0.1) is 6.10 Å². The van der Waals surface area contributed by atoms with E-state index in [-0.39, 0.29) is 55.8 Å². The topological polar surface area (TPSA) is 282 Å². The van der Waals surface area contributed by atoms with Crippen molar-refractivity contribution in [3.63, 3.8) is 0 Å². The van der Waals surface area contributed by atoms with Crippen LogP contribution >= 0.6 is 11.8 Å². The lowest BCUT2D eigenvalue weighted by Crippen LogP contribution is -2.64. The number of rotatable bonds is 19. The van der Waals surface area contributed by atoms with Crippen LogP contribution in [0.5, 0.6) is 0 Å². The van der Waals surface area contributed by atoms with E-state index in [4.69, 9.17) is 0 Å². The van der Waals surface area contributed by atoms with Crippen LogP contribution in [0, 0.1) is 41.4 Å². The molecule has 1 fully saturated rings. The molecule has 25 heteroatoms. The Morgan fingerprint density at radius 3 is 1.33 bits per heavy atom. The maximum Gasteiger partial charge on any atom is 0.256 e. The Morgan fingerprint density at radius 2 is 0.890 bits per heavy atom. The summed E-state index contributed by atoms with van der Waals surface area (Å²) in [6, 6.07) is -12.5. The van der Waals surface area contributed by atoms with Crippen LogP contribution in [0.4, 0.5) is 0 Å². The Balaban J connectivity index is 4.52. The molecule has 1 aliphatic rings. The van der Waals surface area contributed by atoms with Crippen LogP contribution in [0.15, 0.2) is 12.2 Å². The second-order valence-electron chi connectivity index (χ2n) is 27.8. The van der Waals surface area contributed by atoms with Gasteiger partial charge in [0, 0.05) is 61.6 Å². The zero-order valence-corrected chi connectivity index (χ0v) is 61.0. The van der Waals surface area contributed by atoms with E-state index in [0.717, 1.165) is 16.7 Å². The van der Waals surface area contributed by atoms with Crippen molar-refractivity contribution in [2.45, 2.75) is 228 Å². The van der Waals surface area contributed by atoms with Crippen LogP contribution in [0.3, 0.4) is 0 Å². The molecule has 5 N–H and O–H groups in total. The summed E-state index contributed by atoms with van der Waals surface area (Å²) in [7, 11) is 13.8. The van der Waals surface area contributed by atoms with Crippen molar-refractivity contribution < 1.29 is 57.8 Å². The Hall–Kier alpha value is -5.82. The number of thioether (sulfide) groups is 1. The number of aliphatic hydroxyl groups excluding tert-OH is 1. The number of allylic oxidation sites excluding steroid dienone is 2. The van der Waals surface area contributed by atoms with Crippen LogP contribution in [0.1, 0.15) is 156 Å². The van der Waals surface area contributed by atoms with Gasteiger partial charge in [-0.15, -0.1) is 11.8 Å². The van der Waals surface area contributed by atoms with E-state index >= 15 is 28.8 Å². The van der Waals surface area contributed by atoms with Gasteiger partial charge in [-0.3, -0.25) is 52.7 Å². The molecule has 0 spiro atoms. The average Bonchev–Trinajstić information content (AvgIpc) is 0.906. The predicted octanol–water partition coefficient (Wildman–Crippen LogP) is 3.89. The second kappa shape index (κ2) is 38.4. The molecule has 0 aromatic heterocycles. The van der Waals surface area contributed by atoms with Crippen LogP contribution in [0.25, 0.3) is 0 Å². The van der Waals surface area contributed by atoms with E-state index in [0.29, 0.717) is 18.7 Å². The molecule has 0 radical (unpaired) electrons. The van der Waals surface area contributed by atoms with Crippen molar-refractivity contribution in [1.29, 1.82) is 0 Å². The fraction of sp³-hybridized carbons (Fsp3) is 0.803. The van der Waals surface area contributed by atoms with Crippen molar-refractivity contribution >= 4 is 76.7 Å². The molecule has 1 saturated heterocycles. The van der Waals surface area contributed by atoms with E-state index in [9.17, 15) is 29.1 Å². The maximum atomic E-state index is 15.3. The molecule has 13 atom stereocenters. The van der Waals surface area contributed by atoms with Gasteiger partial charge in [-0.1, -0.05) is 109 Å². The lowest BCUT2D eigenvalue weighted by molar-refractivity contribution is -0.157. The molecule has 0 saturated carbocycles. The number of carbonyl (C=O) groups excluding carboxylic acids is 11. The third kappa shape index (κ3) is 23.9. The SMILES string of the molecule is CC=CC[C@@H](C)[C@@H](O)[C@H]1C(=O)N[C@@H](CC)C(=O)N(C)[C@H](SCCN(C)C)C(=O)N(C)[C@@H](CC(C)C)C(=O)N[C@@H](C(C)C)C(=O)N(C)[C@@H](CC(C)C)C(=O)N[C@@H](C)C(=O)N[C@H](C)C(=O)N(C)[C@@H](CC(C)C)C(=O)N(C)[C@@H](CC(C)C)C(=O)N(C)[C@@H](C(C)C)C(=O)N1C. The highest BCUT2D eigenvalue weighted by Gasteiger charge is 2.46. The van der Waals surface area contributed by atoms with E-state index < -0.39 is 155 Å². The van der Waals surface area contributed by atoms with Crippen molar-refractivity contribution in [3.05, 3.63) is 12.2 Å². The molecule has 522 valence electrons. The molecular weight excluding hydrogens is 1180 g/mol. The van der Waals surface area contributed by atoms with Crippen LogP contribution in [0.2, 0.25) is 0 Å². The highest BCUT2D eigenvalue weighted by molar-refractivity contribution is 8.00. The Bertz CT molecular complexity index is 2480. The number of hydrogen-bond acceptors (Lipinski definition) is 14. The summed E-state index contributed by atoms with van der Waals surface area (Å²) in [5, 5.41) is 22.2. The second-order valence-corrected chi connectivity index (χ2v) is 29.0. The van der Waals surface area contributed by atoms with Crippen LogP contribution in [-0.4, -0.2) is 257 Å². The van der Waals surface area contributed by atoms with Gasteiger partial charge in [0.2, 0.25) is 59.1 Å². The molecule has 91 heavy (non-hydrogen) atoms. The molecule has 1 rings (SSSR count). The molecule has 1 heterocycles. The number of hydrogen-bond donors (Lipinski definition) is 5. The number of nitrogens with zero attached hydrogens (tertiary/aromatic N) is 8. The minimum Gasteiger partial charge on any atom is -0.390 e. The van der Waals surface area contributed by atoms with Crippen molar-refractivity contribution in [2.75, 3.05) is 75.7 Å². The number of carbonyl (C=O) groups is 11. The fourth-order valence-corrected chi connectivity index (χ4v) is 12.6. The number of likely N-dealkylation sites (N-methyl/N-ethyl adjacent to an activating group) is 7. The third-order valence-corrected chi connectivity index (χ3v) is 18.3. The van der Waals surface area contributed by atoms with Gasteiger partial charge in [-0.05, 0) is 115 Å². The largest absolute Gasteiger partial charge is 0.390 e. The molecule has 0 unspecified atom stereocenters. The van der Waals surface area contributed by atoms with Gasteiger partial charge >= 0.3 is 0 Å². The van der Waals surface area contributed by atoms with E-state index in [1.165, 1.54) is 92.6 Å². The number of amides is 11. The minimum absolute atomic E-state index is 0.00411. The monoisotopic (exact) mass is 1300 g/mol. The molecule has 0 bridgehead atoms. The summed E-state index contributed by atoms with van der Waals surface area (Å²) in [5.74, 6) is -9.46. The summed E-state index contributed by atoms with van der Waals surface area (Å²) in [6.07, 6.45) is 2.98. The first kappa shape index (κ1) is 83.2. The average molecular weight is 1310 g/mol. The standard InChI is InChI=1S/C66H120N12O12S/c1-27-29-30-43(15)54(79)53-58(83)69-46(28-2)60(85)78(26)66(91-32-31-71(18)19)65(90)73(21)48(34-38(5)6)57(82)70-51(41(11)12)63(88)72(20)47(33-37(3)4)56(81)67-44(16)55(80)68-45(17)59(84)74(22)49(35-39(7)8)61(86)75(23)50(36-40(9)10)62(87)76(24)52(42(13)14)64(89)77(53)25/h27,29,37-54,66,79H,28,30-36H2,1-26H3,(H,67,81)(H,68,80)(H,69,83)(H,70,82)/t43-,44+,45-,46+,47+,48+,49+,50+,51+,52+,53+,54-,66-/m1/s1. The summed E-state index contributed by atoms with van der Waals surface area (Å²) in [5.41, 5.74) is 0. The molecule has 1 aliphatic heterocycles. The highest BCUT2D eigenvalue weighted by Crippen LogP contribution is 2.27. The van der Waals surface area contributed by atoms with Crippen molar-refractivity contribution in [1.82, 2.24) is 60.5 Å². The predicted molar refractivity (Wildman–Crippen MR) is 358 cm³/mol. The lowest BCUT2D eigenvalue weighted by Gasteiger charge is -2.41. The van der Waals surface area contributed by atoms with Gasteiger partial charge in [0.15, 0.2) is 5.37 Å². The van der Waals surface area contributed by atoms with E-state index in [1.54, 1.807) is 47.6 Å². The molecule has 0 aliphatic carbocycles. The van der Waals surface area contributed by atoms with E-state index in [1.807, 2.05) is 87.4 Å². The summed E-state index contributed by atoms with van der Waals surface area (Å²) < 4.78 is 0. The Morgan fingerprint density at radius 1 is 0.473 bits per heavy atom. The number of nitrogens with one attached hydrogen (secondary N) is 4. The van der Waals surface area contributed by atoms with Gasteiger partial charge in [0.25, 0.3) is 5.91 Å². The highest BCUT2D eigenvalue weighted by atomic mass is 32.2. The molecule has 24 nitrogen and oxygen atoms in total. The number of aliphatic hydroxyl groups is 1. The van der Waals surface area contributed by atoms with Crippen LogP contribution in [-0.2, 0) is 52.7 Å². The van der Waals surface area contributed by atoms with Crippen molar-refractivity contribution in [3.8, 4) is 0 Å². The third-order valence-electron chi connectivity index (χ3n) is 17.0.